The molecule has 0 saturated carbocycles. The van der Waals surface area contributed by atoms with Crippen molar-refractivity contribution in [2.75, 3.05) is 30.3 Å². The number of nitrogens with zero attached hydrogens (tertiary/aromatic N) is 1. The molecule has 1 aliphatic rings. The van der Waals surface area contributed by atoms with Gasteiger partial charge in [-0.15, -0.1) is 0 Å². The summed E-state index contributed by atoms with van der Waals surface area (Å²) in [7, 11) is 0. The summed E-state index contributed by atoms with van der Waals surface area (Å²) in [6.45, 7) is 1.35. The molecule has 0 radical (unpaired) electrons. The van der Waals surface area contributed by atoms with E-state index in [4.69, 9.17) is 0 Å². The van der Waals surface area contributed by atoms with Gasteiger partial charge in [-0.05, 0) is 49.2 Å². The number of anilines is 2. The summed E-state index contributed by atoms with van der Waals surface area (Å²) in [6, 6.07) is 11.4. The fourth-order valence-electron chi connectivity index (χ4n) is 3.38. The summed E-state index contributed by atoms with van der Waals surface area (Å²) >= 11 is 0. The highest BCUT2D eigenvalue weighted by Crippen LogP contribution is 2.30. The number of hydrogen-bond donors (Lipinski definition) is 2. The van der Waals surface area contributed by atoms with Gasteiger partial charge in [0.05, 0.1) is 12.1 Å². The lowest BCUT2D eigenvalue weighted by Gasteiger charge is -2.20. The van der Waals surface area contributed by atoms with Gasteiger partial charge >= 0.3 is 6.18 Å². The molecule has 0 bridgehead atoms. The third-order valence-electron chi connectivity index (χ3n) is 4.93. The van der Waals surface area contributed by atoms with Gasteiger partial charge in [-0.1, -0.05) is 25.0 Å². The first-order valence-corrected chi connectivity index (χ1v) is 9.93. The van der Waals surface area contributed by atoms with E-state index in [9.17, 15) is 22.8 Å². The lowest BCUT2D eigenvalue weighted by molar-refractivity contribution is -0.137. The van der Waals surface area contributed by atoms with Crippen molar-refractivity contribution in [1.82, 2.24) is 4.90 Å². The highest BCUT2D eigenvalue weighted by atomic mass is 19.4. The number of benzene rings is 2. The van der Waals surface area contributed by atoms with E-state index in [0.29, 0.717) is 11.3 Å². The fourth-order valence-corrected chi connectivity index (χ4v) is 3.38. The van der Waals surface area contributed by atoms with Crippen LogP contribution in [0.15, 0.2) is 48.5 Å². The van der Waals surface area contributed by atoms with E-state index < -0.39 is 17.6 Å². The number of amides is 2. The molecule has 2 amide bonds. The van der Waals surface area contributed by atoms with Gasteiger partial charge in [0, 0.05) is 30.0 Å². The van der Waals surface area contributed by atoms with E-state index in [1.807, 2.05) is 4.90 Å². The van der Waals surface area contributed by atoms with Crippen LogP contribution >= 0.6 is 0 Å². The zero-order valence-electron chi connectivity index (χ0n) is 16.5. The summed E-state index contributed by atoms with van der Waals surface area (Å²) in [5.74, 6) is -0.521. The zero-order chi connectivity index (χ0) is 21.6. The van der Waals surface area contributed by atoms with Crippen molar-refractivity contribution in [3.05, 3.63) is 59.7 Å². The van der Waals surface area contributed by atoms with Crippen molar-refractivity contribution >= 4 is 23.2 Å². The molecule has 30 heavy (non-hydrogen) atoms. The van der Waals surface area contributed by atoms with Crippen LogP contribution in [0.1, 0.15) is 41.6 Å². The summed E-state index contributed by atoms with van der Waals surface area (Å²) < 4.78 is 38.3. The Balaban J connectivity index is 1.57. The molecular weight excluding hydrogens is 395 g/mol. The molecule has 5 nitrogen and oxygen atoms in total. The first-order chi connectivity index (χ1) is 14.3. The second-order valence-corrected chi connectivity index (χ2v) is 7.27. The Kier molecular flexibility index (Phi) is 6.97. The van der Waals surface area contributed by atoms with E-state index in [1.165, 1.54) is 12.1 Å². The van der Waals surface area contributed by atoms with Crippen molar-refractivity contribution in [3.63, 3.8) is 0 Å². The molecule has 1 heterocycles. The molecular formula is C22H24F3N3O2. The number of hydrogen-bond acceptors (Lipinski definition) is 3. The second kappa shape index (κ2) is 9.65. The Morgan fingerprint density at radius 1 is 0.900 bits per heavy atom. The normalized spacial score (nSPS) is 14.7. The predicted octanol–water partition coefficient (Wildman–Crippen LogP) is 4.77. The van der Waals surface area contributed by atoms with Gasteiger partial charge in [0.25, 0.3) is 5.91 Å². The summed E-state index contributed by atoms with van der Waals surface area (Å²) in [6.07, 6.45) is -0.211. The number of alkyl halides is 3. The Labute approximate surface area is 173 Å². The van der Waals surface area contributed by atoms with E-state index in [0.717, 1.165) is 50.9 Å². The molecule has 160 valence electrons. The number of likely N-dealkylation sites (tertiary alicyclic amines) is 1. The maximum atomic E-state index is 12.8. The largest absolute Gasteiger partial charge is 0.416 e. The lowest BCUT2D eigenvalue weighted by atomic mass is 10.1. The smallest absolute Gasteiger partial charge is 0.376 e. The van der Waals surface area contributed by atoms with Gasteiger partial charge in [-0.25, -0.2) is 0 Å². The highest BCUT2D eigenvalue weighted by Gasteiger charge is 2.30. The fraction of sp³-hybridized carbons (Fsp3) is 0.364. The van der Waals surface area contributed by atoms with Crippen molar-refractivity contribution in [2.24, 2.45) is 0 Å². The van der Waals surface area contributed by atoms with Gasteiger partial charge in [-0.3, -0.25) is 9.59 Å². The van der Waals surface area contributed by atoms with E-state index in [2.05, 4.69) is 10.6 Å². The maximum Gasteiger partial charge on any atom is 0.416 e. The van der Waals surface area contributed by atoms with E-state index >= 15 is 0 Å². The molecule has 1 saturated heterocycles. The Hall–Kier alpha value is -3.03. The molecule has 2 aromatic rings. The molecule has 3 rings (SSSR count). The van der Waals surface area contributed by atoms with Crippen LogP contribution in [0.2, 0.25) is 0 Å². The van der Waals surface area contributed by atoms with Crippen LogP contribution in [0.3, 0.4) is 0 Å². The average molecular weight is 419 g/mol. The molecule has 0 aromatic heterocycles. The van der Waals surface area contributed by atoms with Crippen molar-refractivity contribution in [1.29, 1.82) is 0 Å². The molecule has 8 heteroatoms. The number of nitrogens with one attached hydrogen (secondary N) is 2. The Morgan fingerprint density at radius 2 is 1.57 bits per heavy atom. The molecule has 2 aromatic carbocycles. The monoisotopic (exact) mass is 419 g/mol. The molecule has 0 unspecified atom stereocenters. The lowest BCUT2D eigenvalue weighted by Crippen LogP contribution is -2.31. The molecule has 0 spiro atoms. The predicted molar refractivity (Wildman–Crippen MR) is 109 cm³/mol. The van der Waals surface area contributed by atoms with Gasteiger partial charge in [-0.2, -0.15) is 13.2 Å². The Morgan fingerprint density at radius 3 is 2.27 bits per heavy atom. The molecule has 2 N–H and O–H groups in total. The summed E-state index contributed by atoms with van der Waals surface area (Å²) in [5, 5.41) is 5.36. The van der Waals surface area contributed by atoms with Crippen LogP contribution < -0.4 is 10.6 Å². The van der Waals surface area contributed by atoms with Crippen molar-refractivity contribution in [3.8, 4) is 0 Å². The first kappa shape index (κ1) is 21.7. The van der Waals surface area contributed by atoms with Crippen LogP contribution in [0.5, 0.6) is 0 Å². The van der Waals surface area contributed by atoms with Gasteiger partial charge < -0.3 is 15.5 Å². The minimum absolute atomic E-state index is 0.0334. The third kappa shape index (κ3) is 5.98. The maximum absolute atomic E-state index is 12.8. The van der Waals surface area contributed by atoms with Gasteiger partial charge in [0.15, 0.2) is 0 Å². The van der Waals surface area contributed by atoms with Crippen LogP contribution in [0.4, 0.5) is 24.5 Å². The minimum Gasteiger partial charge on any atom is -0.376 e. The standard InChI is InChI=1S/C22H24F3N3O2/c23-22(24,25)17-8-6-10-19(14-17)27-20(29)15-26-18-9-5-7-16(13-18)21(30)28-11-3-1-2-4-12-28/h5-10,13-14,26H,1-4,11-12,15H2,(H,27,29). The van der Waals surface area contributed by atoms with Gasteiger partial charge in [0.2, 0.25) is 5.91 Å². The SMILES string of the molecule is O=C(CNc1cccc(C(=O)N2CCCCCC2)c1)Nc1cccc(C(F)(F)F)c1. The average Bonchev–Trinajstić information content (AvgIpc) is 3.01. The Bertz CT molecular complexity index is 891. The quantitative estimate of drug-likeness (QED) is 0.734. The van der Waals surface area contributed by atoms with E-state index in [-0.39, 0.29) is 18.1 Å². The van der Waals surface area contributed by atoms with Crippen LogP contribution in [0.25, 0.3) is 0 Å². The summed E-state index contributed by atoms with van der Waals surface area (Å²) in [5.41, 5.74) is 0.379. The minimum atomic E-state index is -4.47. The van der Waals surface area contributed by atoms with Crippen LogP contribution in [0, 0.1) is 0 Å². The highest BCUT2D eigenvalue weighted by molar-refractivity contribution is 5.96. The molecule has 1 aliphatic heterocycles. The van der Waals surface area contributed by atoms with Crippen molar-refractivity contribution < 1.29 is 22.8 Å². The number of rotatable bonds is 5. The molecule has 0 aliphatic carbocycles. The first-order valence-electron chi connectivity index (χ1n) is 9.93. The van der Waals surface area contributed by atoms with Gasteiger partial charge in [0.1, 0.15) is 0 Å². The number of carbonyl (C=O) groups is 2. The number of halogens is 3. The summed E-state index contributed by atoms with van der Waals surface area (Å²) in [4.78, 5) is 26.7. The molecule has 0 atom stereocenters. The second-order valence-electron chi connectivity index (χ2n) is 7.27. The molecule has 1 fully saturated rings. The van der Waals surface area contributed by atoms with Crippen LogP contribution in [-0.4, -0.2) is 36.3 Å². The zero-order valence-corrected chi connectivity index (χ0v) is 16.5. The van der Waals surface area contributed by atoms with E-state index in [1.54, 1.807) is 24.3 Å². The number of carbonyl (C=O) groups excluding carboxylic acids is 2. The third-order valence-corrected chi connectivity index (χ3v) is 4.93. The van der Waals surface area contributed by atoms with Crippen molar-refractivity contribution in [2.45, 2.75) is 31.9 Å². The topological polar surface area (TPSA) is 61.4 Å². The van der Waals surface area contributed by atoms with Crippen LogP contribution in [-0.2, 0) is 11.0 Å².